The zero-order valence-electron chi connectivity index (χ0n) is 19.6. The molecule has 0 bridgehead atoms. The van der Waals surface area contributed by atoms with Gasteiger partial charge >= 0.3 is 51.2 Å². The van der Waals surface area contributed by atoms with E-state index in [2.05, 4.69) is 56.3 Å². The molecule has 0 unspecified atom stereocenters. The van der Waals surface area contributed by atoms with Crippen LogP contribution in [0.1, 0.15) is 136 Å². The summed E-state index contributed by atoms with van der Waals surface area (Å²) in [7, 11) is 0.366. The van der Waals surface area contributed by atoms with Crippen molar-refractivity contribution in [3.8, 4) is 0 Å². The van der Waals surface area contributed by atoms with Crippen molar-refractivity contribution in [1.29, 1.82) is 0 Å². The Morgan fingerprint density at radius 2 is 0.643 bits per heavy atom. The molecule has 28 heavy (non-hydrogen) atoms. The Kier molecular flexibility index (Phi) is 37.7. The summed E-state index contributed by atoms with van der Waals surface area (Å²) >= 11 is 4.96. The predicted octanol–water partition coefficient (Wildman–Crippen LogP) is 10.9. The predicted molar refractivity (Wildman–Crippen MR) is 155 cm³/mol. The Bertz CT molecular complexity index is 217. The third-order valence-corrected chi connectivity index (χ3v) is 8.33. The van der Waals surface area contributed by atoms with Gasteiger partial charge < -0.3 is 0 Å². The average Bonchev–Trinajstić information content (AvgIpc) is 2.69. The van der Waals surface area contributed by atoms with Gasteiger partial charge in [0.1, 0.15) is 0 Å². The summed E-state index contributed by atoms with van der Waals surface area (Å²) in [6, 6.07) is 0. The van der Waals surface area contributed by atoms with E-state index in [9.17, 15) is 0 Å². The summed E-state index contributed by atoms with van der Waals surface area (Å²) in [5, 5.41) is 0. The van der Waals surface area contributed by atoms with E-state index >= 15 is 0 Å². The van der Waals surface area contributed by atoms with Gasteiger partial charge in [0, 0.05) is 0 Å². The monoisotopic (exact) mass is 832 g/mol. The van der Waals surface area contributed by atoms with Gasteiger partial charge in [-0.1, -0.05) is 117 Å². The fourth-order valence-corrected chi connectivity index (χ4v) is 6.37. The molecule has 0 rings (SSSR count). The third kappa shape index (κ3) is 31.0. The Labute approximate surface area is 211 Å². The van der Waals surface area contributed by atoms with Crippen molar-refractivity contribution in [3.63, 3.8) is 0 Å². The Morgan fingerprint density at radius 3 is 0.893 bits per heavy atom. The van der Waals surface area contributed by atoms with Gasteiger partial charge in [0.25, 0.3) is 0 Å². The van der Waals surface area contributed by atoms with E-state index in [1.165, 1.54) is 116 Å². The fourth-order valence-electron chi connectivity index (χ4n) is 3.68. The SMILES string of the molecule is CCCCCCCCP(CCCCCCCC)CCCCCCCC.[I][Pb][I]. The molecular weight excluding hydrogens is 780 g/mol. The molecule has 0 aromatic heterocycles. The summed E-state index contributed by atoms with van der Waals surface area (Å²) in [6.45, 7) is 6.96. The molecule has 0 heterocycles. The third-order valence-electron chi connectivity index (χ3n) is 5.48. The van der Waals surface area contributed by atoms with Gasteiger partial charge in [-0.25, -0.2) is 0 Å². The van der Waals surface area contributed by atoms with Crippen LogP contribution in [-0.4, -0.2) is 34.1 Å². The van der Waals surface area contributed by atoms with Crippen molar-refractivity contribution in [3.05, 3.63) is 0 Å². The molecule has 4 heteroatoms. The molecule has 0 atom stereocenters. The molecule has 0 fully saturated rings. The zero-order valence-corrected chi connectivity index (χ0v) is 28.6. The number of halogens is 2. The molecule has 0 amide bonds. The van der Waals surface area contributed by atoms with Gasteiger partial charge in [-0.05, 0) is 37.7 Å². The molecule has 0 saturated carbocycles. The topological polar surface area (TPSA) is 0 Å². The van der Waals surface area contributed by atoms with Crippen LogP contribution in [-0.2, 0) is 0 Å². The van der Waals surface area contributed by atoms with Gasteiger partial charge in [-0.2, -0.15) is 0 Å². The molecular formula is C24H51I2PPb. The van der Waals surface area contributed by atoms with Gasteiger partial charge in [-0.15, -0.1) is 7.92 Å². The van der Waals surface area contributed by atoms with Crippen molar-refractivity contribution < 1.29 is 0 Å². The summed E-state index contributed by atoms with van der Waals surface area (Å²) in [4.78, 5) is 0. The number of hydrogen-bond acceptors (Lipinski definition) is 0. The van der Waals surface area contributed by atoms with Gasteiger partial charge in [-0.3, -0.25) is 0 Å². The second kappa shape index (κ2) is 32.0. The number of unbranched alkanes of at least 4 members (excludes halogenated alkanes) is 15. The number of rotatable bonds is 21. The van der Waals surface area contributed by atoms with Crippen LogP contribution in [0.25, 0.3) is 0 Å². The van der Waals surface area contributed by atoms with E-state index in [1.807, 2.05) is 0 Å². The van der Waals surface area contributed by atoms with Crippen molar-refractivity contribution in [2.24, 2.45) is 0 Å². The standard InChI is InChI=1S/C24H51P.2HI.Pb/c1-4-7-10-13-16-19-22-25(23-20-17-14-11-8-5-2)24-21-18-15-12-9-6-3;;;/h4-24H2,1-3H3;2*1H;/q;;;+2/p-2. The van der Waals surface area contributed by atoms with Crippen LogP contribution in [0.15, 0.2) is 0 Å². The molecule has 170 valence electrons. The number of hydrogen-bond donors (Lipinski definition) is 0. The van der Waals surface area contributed by atoms with E-state index in [1.54, 1.807) is 18.5 Å². The van der Waals surface area contributed by atoms with Crippen LogP contribution in [0, 0.1) is 0 Å². The first-order valence-corrected chi connectivity index (χ1v) is 36.2. The van der Waals surface area contributed by atoms with Crippen molar-refractivity contribution in [1.82, 2.24) is 0 Å². The van der Waals surface area contributed by atoms with Crippen LogP contribution in [0.5, 0.6) is 0 Å². The van der Waals surface area contributed by atoms with Gasteiger partial charge in [0.05, 0.1) is 0 Å². The van der Waals surface area contributed by atoms with Crippen LogP contribution >= 0.6 is 43.4 Å². The molecule has 0 saturated heterocycles. The van der Waals surface area contributed by atoms with E-state index in [4.69, 9.17) is 0 Å². The quantitative estimate of drug-likeness (QED) is 0.0468. The second-order valence-electron chi connectivity index (χ2n) is 8.22. The second-order valence-corrected chi connectivity index (χ2v) is 39.0. The first-order chi connectivity index (χ1) is 13.8. The first-order valence-electron chi connectivity index (χ1n) is 12.4. The molecule has 0 N–H and O–H groups in total. The normalized spacial score (nSPS) is 10.9. The van der Waals surface area contributed by atoms with Gasteiger partial charge in [0.15, 0.2) is 0 Å². The maximum absolute atomic E-state index is 2.47. The Hall–Kier alpha value is 2.81. The molecule has 0 aromatic rings. The minimum atomic E-state index is 0.0233. The van der Waals surface area contributed by atoms with Crippen molar-refractivity contribution in [2.75, 3.05) is 18.5 Å². The Balaban J connectivity index is 0. The van der Waals surface area contributed by atoms with E-state index in [-0.39, 0.29) is 15.6 Å². The molecule has 0 spiro atoms. The fraction of sp³-hybridized carbons (Fsp3) is 1.00. The minimum absolute atomic E-state index is 0.0233. The summed E-state index contributed by atoms with van der Waals surface area (Å²) in [5.41, 5.74) is 0. The van der Waals surface area contributed by atoms with E-state index < -0.39 is 0 Å². The molecule has 0 aromatic carbocycles. The molecule has 0 aliphatic carbocycles. The summed E-state index contributed by atoms with van der Waals surface area (Å²) < 4.78 is 0. The summed E-state index contributed by atoms with van der Waals surface area (Å²) in [5.74, 6) is 0. The zero-order chi connectivity index (χ0) is 21.1. The first kappa shape index (κ1) is 33.0. The van der Waals surface area contributed by atoms with Crippen molar-refractivity contribution >= 4 is 59.1 Å². The average molecular weight is 832 g/mol. The summed E-state index contributed by atoms with van der Waals surface area (Å²) in [6.07, 6.45) is 31.2. The van der Waals surface area contributed by atoms with Crippen molar-refractivity contribution in [2.45, 2.75) is 136 Å². The Morgan fingerprint density at radius 1 is 0.429 bits per heavy atom. The van der Waals surface area contributed by atoms with E-state index in [0.29, 0.717) is 7.92 Å². The van der Waals surface area contributed by atoms with Crippen LogP contribution in [0.3, 0.4) is 0 Å². The molecule has 0 aliphatic heterocycles. The molecule has 0 nitrogen and oxygen atoms in total. The maximum atomic E-state index is 2.47. The van der Waals surface area contributed by atoms with Crippen LogP contribution < -0.4 is 0 Å². The van der Waals surface area contributed by atoms with Crippen LogP contribution in [0.2, 0.25) is 0 Å². The van der Waals surface area contributed by atoms with Gasteiger partial charge in [0.2, 0.25) is 0 Å². The molecule has 2 radical (unpaired) electrons. The van der Waals surface area contributed by atoms with Crippen LogP contribution in [0.4, 0.5) is 0 Å². The van der Waals surface area contributed by atoms with E-state index in [0.717, 1.165) is 0 Å². The molecule has 0 aliphatic rings.